The standard InChI is InChI=1S/C13H13NO6/c1-20-13(19)9-4-6-2-3-7(5-8(6)14-9)10(15)11(16)12(17)18/h2-5,10-11,14-16H,1H3,(H,17,18). The van der Waals surface area contributed by atoms with Gasteiger partial charge in [0.05, 0.1) is 7.11 Å². The maximum absolute atomic E-state index is 11.4. The van der Waals surface area contributed by atoms with E-state index in [4.69, 9.17) is 5.11 Å². The zero-order valence-electron chi connectivity index (χ0n) is 10.5. The molecule has 0 fully saturated rings. The van der Waals surface area contributed by atoms with Crippen LogP contribution in [0.15, 0.2) is 24.3 Å². The summed E-state index contributed by atoms with van der Waals surface area (Å²) in [6.07, 6.45) is -3.47. The molecule has 0 radical (unpaired) electrons. The number of nitrogens with one attached hydrogen (secondary N) is 1. The molecule has 2 rings (SSSR count). The van der Waals surface area contributed by atoms with Crippen molar-refractivity contribution in [1.29, 1.82) is 0 Å². The first-order valence-electron chi connectivity index (χ1n) is 5.74. The fourth-order valence-corrected chi connectivity index (χ4v) is 1.87. The molecule has 4 N–H and O–H groups in total. The molecule has 1 aromatic carbocycles. The molecular weight excluding hydrogens is 266 g/mol. The quantitative estimate of drug-likeness (QED) is 0.602. The number of carboxylic acids is 1. The number of rotatable bonds is 4. The van der Waals surface area contributed by atoms with E-state index in [1.807, 2.05) is 0 Å². The number of carbonyl (C=O) groups excluding carboxylic acids is 1. The predicted octanol–water partition coefficient (Wildman–Crippen LogP) is 0.433. The number of carboxylic acid groups (broad SMARTS) is 1. The Labute approximate surface area is 113 Å². The zero-order chi connectivity index (χ0) is 14.9. The van der Waals surface area contributed by atoms with E-state index >= 15 is 0 Å². The molecule has 2 atom stereocenters. The first-order chi connectivity index (χ1) is 9.43. The number of aliphatic carboxylic acids is 1. The predicted molar refractivity (Wildman–Crippen MR) is 68.2 cm³/mol. The third kappa shape index (κ3) is 2.49. The third-order valence-corrected chi connectivity index (χ3v) is 2.95. The second kappa shape index (κ2) is 5.32. The SMILES string of the molecule is COC(=O)c1cc2ccc(C(O)C(O)C(=O)O)cc2[nH]1. The van der Waals surface area contributed by atoms with E-state index in [1.165, 1.54) is 19.2 Å². The lowest BCUT2D eigenvalue weighted by molar-refractivity contribution is -0.153. The highest BCUT2D eigenvalue weighted by Gasteiger charge is 2.25. The minimum atomic E-state index is -1.91. The second-order valence-corrected chi connectivity index (χ2v) is 4.25. The molecule has 2 unspecified atom stereocenters. The van der Waals surface area contributed by atoms with Gasteiger partial charge in [-0.2, -0.15) is 0 Å². The third-order valence-electron chi connectivity index (χ3n) is 2.95. The van der Waals surface area contributed by atoms with Crippen LogP contribution in [0.2, 0.25) is 0 Å². The van der Waals surface area contributed by atoms with Crippen LogP contribution in [0.1, 0.15) is 22.2 Å². The minimum absolute atomic E-state index is 0.227. The number of carbonyl (C=O) groups is 2. The van der Waals surface area contributed by atoms with Gasteiger partial charge in [-0.25, -0.2) is 9.59 Å². The number of benzene rings is 1. The average Bonchev–Trinajstić information content (AvgIpc) is 2.87. The molecule has 7 heteroatoms. The van der Waals surface area contributed by atoms with Gasteiger partial charge in [-0.15, -0.1) is 0 Å². The Morgan fingerprint density at radius 2 is 1.95 bits per heavy atom. The van der Waals surface area contributed by atoms with Crippen molar-refractivity contribution in [3.05, 3.63) is 35.5 Å². The summed E-state index contributed by atoms with van der Waals surface area (Å²) in [4.78, 5) is 24.8. The van der Waals surface area contributed by atoms with Crippen LogP contribution >= 0.6 is 0 Å². The van der Waals surface area contributed by atoms with Gasteiger partial charge in [0.1, 0.15) is 11.8 Å². The van der Waals surface area contributed by atoms with Gasteiger partial charge in [0, 0.05) is 10.9 Å². The number of H-pyrrole nitrogens is 1. The molecule has 106 valence electrons. The monoisotopic (exact) mass is 279 g/mol. The summed E-state index contributed by atoms with van der Waals surface area (Å²) in [5.41, 5.74) is 0.998. The van der Waals surface area contributed by atoms with Crippen LogP contribution in [0, 0.1) is 0 Å². The summed E-state index contributed by atoms with van der Waals surface area (Å²) < 4.78 is 4.58. The molecule has 0 amide bonds. The minimum Gasteiger partial charge on any atom is -0.479 e. The van der Waals surface area contributed by atoms with Crippen molar-refractivity contribution in [1.82, 2.24) is 4.98 Å². The number of aromatic nitrogens is 1. The molecule has 1 aromatic heterocycles. The highest BCUT2D eigenvalue weighted by Crippen LogP contribution is 2.23. The number of aromatic amines is 1. The summed E-state index contributed by atoms with van der Waals surface area (Å²) in [6, 6.07) is 6.13. The lowest BCUT2D eigenvalue weighted by Crippen LogP contribution is -2.27. The summed E-state index contributed by atoms with van der Waals surface area (Å²) in [5, 5.41) is 28.4. The Balaban J connectivity index is 2.38. The molecule has 0 aliphatic heterocycles. The maximum atomic E-state index is 11.4. The molecule has 0 aliphatic carbocycles. The topological polar surface area (TPSA) is 120 Å². The Morgan fingerprint density at radius 3 is 2.55 bits per heavy atom. The van der Waals surface area contributed by atoms with E-state index in [1.54, 1.807) is 12.1 Å². The molecule has 0 spiro atoms. The molecule has 0 bridgehead atoms. The van der Waals surface area contributed by atoms with Crippen LogP contribution in [0.4, 0.5) is 0 Å². The summed E-state index contributed by atoms with van der Waals surface area (Å²) >= 11 is 0. The molecule has 20 heavy (non-hydrogen) atoms. The maximum Gasteiger partial charge on any atom is 0.354 e. The molecular formula is C13H13NO6. The molecule has 1 heterocycles. The normalized spacial score (nSPS) is 13.9. The number of aliphatic hydroxyl groups is 2. The Morgan fingerprint density at radius 1 is 1.25 bits per heavy atom. The van der Waals surface area contributed by atoms with E-state index < -0.39 is 24.1 Å². The van der Waals surface area contributed by atoms with Crippen molar-refractivity contribution in [2.45, 2.75) is 12.2 Å². The van der Waals surface area contributed by atoms with Crippen molar-refractivity contribution in [3.63, 3.8) is 0 Å². The molecule has 0 saturated heterocycles. The average molecular weight is 279 g/mol. The first kappa shape index (κ1) is 14.0. The van der Waals surface area contributed by atoms with Crippen molar-refractivity contribution >= 4 is 22.8 Å². The van der Waals surface area contributed by atoms with E-state index in [0.29, 0.717) is 10.9 Å². The van der Waals surface area contributed by atoms with E-state index in [0.717, 1.165) is 0 Å². The number of fused-ring (bicyclic) bond motifs is 1. The highest BCUT2D eigenvalue weighted by molar-refractivity contribution is 5.94. The van der Waals surface area contributed by atoms with E-state index in [9.17, 15) is 19.8 Å². The molecule has 0 aliphatic rings. The summed E-state index contributed by atoms with van der Waals surface area (Å²) in [7, 11) is 1.26. The summed E-state index contributed by atoms with van der Waals surface area (Å²) in [5.74, 6) is -2.05. The van der Waals surface area contributed by atoms with Gasteiger partial charge in [0.25, 0.3) is 0 Å². The number of esters is 1. The number of methoxy groups -OCH3 is 1. The molecule has 0 saturated carbocycles. The fourth-order valence-electron chi connectivity index (χ4n) is 1.87. The van der Waals surface area contributed by atoms with Gasteiger partial charge in [0.15, 0.2) is 6.10 Å². The van der Waals surface area contributed by atoms with Gasteiger partial charge in [-0.3, -0.25) is 0 Å². The lowest BCUT2D eigenvalue weighted by Gasteiger charge is -2.14. The van der Waals surface area contributed by atoms with Crippen LogP contribution in [0.25, 0.3) is 10.9 Å². The van der Waals surface area contributed by atoms with E-state index in [-0.39, 0.29) is 11.3 Å². The van der Waals surface area contributed by atoms with Crippen molar-refractivity contribution in [2.24, 2.45) is 0 Å². The van der Waals surface area contributed by atoms with Gasteiger partial charge in [0.2, 0.25) is 0 Å². The van der Waals surface area contributed by atoms with E-state index in [2.05, 4.69) is 9.72 Å². The van der Waals surface area contributed by atoms with Gasteiger partial charge >= 0.3 is 11.9 Å². The Bertz CT molecular complexity index is 662. The zero-order valence-corrected chi connectivity index (χ0v) is 10.5. The molecule has 7 nitrogen and oxygen atoms in total. The number of hydrogen-bond acceptors (Lipinski definition) is 5. The fraction of sp³-hybridized carbons (Fsp3) is 0.231. The largest absolute Gasteiger partial charge is 0.479 e. The number of aliphatic hydroxyl groups excluding tert-OH is 2. The van der Waals surface area contributed by atoms with Gasteiger partial charge < -0.3 is 25.0 Å². The molecule has 2 aromatic rings. The van der Waals surface area contributed by atoms with Crippen LogP contribution in [0.5, 0.6) is 0 Å². The number of ether oxygens (including phenoxy) is 1. The van der Waals surface area contributed by atoms with Gasteiger partial charge in [-0.1, -0.05) is 12.1 Å². The first-order valence-corrected chi connectivity index (χ1v) is 5.74. The van der Waals surface area contributed by atoms with Crippen LogP contribution < -0.4 is 0 Å². The summed E-state index contributed by atoms with van der Waals surface area (Å²) in [6.45, 7) is 0. The van der Waals surface area contributed by atoms with Crippen molar-refractivity contribution in [3.8, 4) is 0 Å². The van der Waals surface area contributed by atoms with Crippen molar-refractivity contribution < 1.29 is 29.6 Å². The Kier molecular flexibility index (Phi) is 3.73. The van der Waals surface area contributed by atoms with Crippen LogP contribution in [-0.2, 0) is 9.53 Å². The highest BCUT2D eigenvalue weighted by atomic mass is 16.5. The van der Waals surface area contributed by atoms with Gasteiger partial charge in [-0.05, 0) is 17.7 Å². The van der Waals surface area contributed by atoms with Crippen LogP contribution in [0.3, 0.4) is 0 Å². The Hall–Kier alpha value is -2.38. The lowest BCUT2D eigenvalue weighted by atomic mass is 10.0. The van der Waals surface area contributed by atoms with Crippen molar-refractivity contribution in [2.75, 3.05) is 7.11 Å². The van der Waals surface area contributed by atoms with Crippen LogP contribution in [-0.4, -0.2) is 45.5 Å². The second-order valence-electron chi connectivity index (χ2n) is 4.25. The smallest absolute Gasteiger partial charge is 0.354 e. The number of hydrogen-bond donors (Lipinski definition) is 4.